The third-order valence-electron chi connectivity index (χ3n) is 7.52. The van der Waals surface area contributed by atoms with Crippen molar-refractivity contribution in [3.05, 3.63) is 88.8 Å². The predicted molar refractivity (Wildman–Crippen MR) is 163 cm³/mol. The number of rotatable bonds is 9. The third kappa shape index (κ3) is 5.90. The second-order valence-electron chi connectivity index (χ2n) is 10.1. The summed E-state index contributed by atoms with van der Waals surface area (Å²) in [6.45, 7) is 1.92. The van der Waals surface area contributed by atoms with Gasteiger partial charge in [-0.25, -0.2) is 0 Å². The highest BCUT2D eigenvalue weighted by molar-refractivity contribution is 7.09. The smallest absolute Gasteiger partial charge is 0.273 e. The molecular formula is C32H34N4O4S. The van der Waals surface area contributed by atoms with Gasteiger partial charge in [0.1, 0.15) is 28.1 Å². The molecule has 8 nitrogen and oxygen atoms in total. The molecule has 9 heteroatoms. The molecule has 5 rings (SSSR count). The molecule has 1 aliphatic rings. The lowest BCUT2D eigenvalue weighted by molar-refractivity contribution is -0.123. The van der Waals surface area contributed by atoms with E-state index in [1.807, 2.05) is 67.6 Å². The van der Waals surface area contributed by atoms with E-state index in [0.29, 0.717) is 28.4 Å². The zero-order valence-corrected chi connectivity index (χ0v) is 24.2. The van der Waals surface area contributed by atoms with Crippen molar-refractivity contribution < 1.29 is 19.1 Å². The zero-order valence-electron chi connectivity index (χ0n) is 23.4. The maximum Gasteiger partial charge on any atom is 0.273 e. The van der Waals surface area contributed by atoms with E-state index in [4.69, 9.17) is 15.2 Å². The second-order valence-corrected chi connectivity index (χ2v) is 10.9. The molecule has 2 amide bonds. The number of carbonyl (C=O) groups excluding carboxylic acids is 2. The van der Waals surface area contributed by atoms with Gasteiger partial charge in [0.2, 0.25) is 5.91 Å². The number of nitrogens with zero attached hydrogens (tertiary/aromatic N) is 2. The first-order valence-corrected chi connectivity index (χ1v) is 14.4. The first kappa shape index (κ1) is 28.2. The topological polar surface area (TPSA) is 107 Å². The minimum absolute atomic E-state index is 0.0761. The van der Waals surface area contributed by atoms with Crippen LogP contribution in [0.3, 0.4) is 0 Å². The van der Waals surface area contributed by atoms with E-state index < -0.39 is 11.9 Å². The fourth-order valence-electron chi connectivity index (χ4n) is 5.27. The number of amides is 2. The van der Waals surface area contributed by atoms with Crippen LogP contribution in [-0.2, 0) is 4.79 Å². The van der Waals surface area contributed by atoms with Crippen LogP contribution in [0.2, 0.25) is 0 Å². The summed E-state index contributed by atoms with van der Waals surface area (Å²) in [6.07, 6.45) is 3.99. The Bertz CT molecular complexity index is 1510. The van der Waals surface area contributed by atoms with Crippen molar-refractivity contribution in [1.82, 2.24) is 9.69 Å². The lowest BCUT2D eigenvalue weighted by Crippen LogP contribution is -2.46. The number of carbonyl (C=O) groups is 2. The molecular weight excluding hydrogens is 536 g/mol. The van der Waals surface area contributed by atoms with Gasteiger partial charge in [-0.2, -0.15) is 4.37 Å². The Balaban J connectivity index is 1.61. The average molecular weight is 571 g/mol. The van der Waals surface area contributed by atoms with Gasteiger partial charge in [-0.15, -0.1) is 0 Å². The van der Waals surface area contributed by atoms with Gasteiger partial charge in [0.25, 0.3) is 5.91 Å². The molecule has 1 saturated carbocycles. The van der Waals surface area contributed by atoms with Crippen LogP contribution < -0.4 is 25.4 Å². The molecule has 0 unspecified atom stereocenters. The highest BCUT2D eigenvalue weighted by atomic mass is 32.1. The fourth-order valence-corrected chi connectivity index (χ4v) is 6.03. The van der Waals surface area contributed by atoms with Crippen LogP contribution in [0.15, 0.2) is 72.8 Å². The van der Waals surface area contributed by atoms with Gasteiger partial charge >= 0.3 is 0 Å². The number of ether oxygens (including phenoxy) is 2. The van der Waals surface area contributed by atoms with Crippen LogP contribution in [0.25, 0.3) is 11.3 Å². The summed E-state index contributed by atoms with van der Waals surface area (Å²) in [4.78, 5) is 30.5. The molecule has 4 aromatic rings. The quantitative estimate of drug-likeness (QED) is 0.249. The number of aromatic nitrogens is 1. The van der Waals surface area contributed by atoms with Gasteiger partial charge in [-0.05, 0) is 84.9 Å². The minimum Gasteiger partial charge on any atom is -0.497 e. The summed E-state index contributed by atoms with van der Waals surface area (Å²) in [5, 5.41) is 3.22. The maximum atomic E-state index is 14.5. The Morgan fingerprint density at radius 2 is 1.56 bits per heavy atom. The number of aryl methyl sites for hydroxylation is 1. The highest BCUT2D eigenvalue weighted by Gasteiger charge is 2.37. The number of nitrogen functional groups attached to an aromatic ring is 1. The number of anilines is 2. The molecule has 0 aliphatic heterocycles. The number of methoxy groups -OCH3 is 2. The van der Waals surface area contributed by atoms with E-state index >= 15 is 0 Å². The normalized spacial score (nSPS) is 13.9. The molecule has 0 radical (unpaired) electrons. The van der Waals surface area contributed by atoms with Crippen LogP contribution >= 0.6 is 11.5 Å². The van der Waals surface area contributed by atoms with Crippen molar-refractivity contribution in [2.24, 2.45) is 0 Å². The van der Waals surface area contributed by atoms with Crippen molar-refractivity contribution in [3.8, 4) is 22.8 Å². The first-order chi connectivity index (χ1) is 19.9. The molecule has 0 spiro atoms. The summed E-state index contributed by atoms with van der Waals surface area (Å²) >= 11 is 1.03. The highest BCUT2D eigenvalue weighted by Crippen LogP contribution is 2.38. The van der Waals surface area contributed by atoms with Crippen molar-refractivity contribution in [2.45, 2.75) is 44.7 Å². The number of nitrogens with two attached hydrogens (primary N) is 1. The second kappa shape index (κ2) is 12.4. The van der Waals surface area contributed by atoms with E-state index in [9.17, 15) is 9.59 Å². The predicted octanol–water partition coefficient (Wildman–Crippen LogP) is 6.16. The van der Waals surface area contributed by atoms with E-state index in [1.165, 1.54) is 0 Å². The molecule has 3 aromatic carbocycles. The summed E-state index contributed by atoms with van der Waals surface area (Å²) in [5.41, 5.74) is 10.3. The van der Waals surface area contributed by atoms with Gasteiger partial charge in [0.05, 0.1) is 19.9 Å². The van der Waals surface area contributed by atoms with Crippen LogP contribution in [0.5, 0.6) is 11.5 Å². The molecule has 1 fully saturated rings. The summed E-state index contributed by atoms with van der Waals surface area (Å²) < 4.78 is 15.2. The molecule has 1 aliphatic carbocycles. The first-order valence-electron chi connectivity index (χ1n) is 13.6. The van der Waals surface area contributed by atoms with Crippen molar-refractivity contribution in [2.75, 3.05) is 24.9 Å². The molecule has 1 heterocycles. The third-order valence-corrected chi connectivity index (χ3v) is 8.37. The Labute approximate surface area is 244 Å². The molecule has 3 N–H and O–H groups in total. The van der Waals surface area contributed by atoms with Crippen LogP contribution in [0.4, 0.5) is 11.4 Å². The lowest BCUT2D eigenvalue weighted by atomic mass is 10.0. The van der Waals surface area contributed by atoms with Gasteiger partial charge in [0.15, 0.2) is 0 Å². The summed E-state index contributed by atoms with van der Waals surface area (Å²) in [5.74, 6) is 0.738. The SMILES string of the molecule is COc1ccc(-c2nsc(C(=O)N(c3ccccc3C)[C@@H](C(=O)NC3CCCC3)c3ccc(OC)cc3)c2N)cc1. The van der Waals surface area contributed by atoms with Gasteiger partial charge in [-0.1, -0.05) is 43.2 Å². The summed E-state index contributed by atoms with van der Waals surface area (Å²) in [6, 6.07) is 21.3. The number of hydrogen-bond acceptors (Lipinski definition) is 7. The zero-order chi connectivity index (χ0) is 28.9. The van der Waals surface area contributed by atoms with Gasteiger partial charge < -0.3 is 20.5 Å². The molecule has 0 bridgehead atoms. The van der Waals surface area contributed by atoms with E-state index in [0.717, 1.165) is 48.3 Å². The Hall–Kier alpha value is -4.37. The van der Waals surface area contributed by atoms with E-state index in [1.54, 1.807) is 31.3 Å². The molecule has 41 heavy (non-hydrogen) atoms. The number of nitrogens with one attached hydrogen (secondary N) is 1. The largest absolute Gasteiger partial charge is 0.497 e. The number of para-hydroxylation sites is 1. The van der Waals surface area contributed by atoms with Crippen LogP contribution in [-0.4, -0.2) is 36.4 Å². The lowest BCUT2D eigenvalue weighted by Gasteiger charge is -2.33. The Morgan fingerprint density at radius 1 is 0.951 bits per heavy atom. The van der Waals surface area contributed by atoms with E-state index in [-0.39, 0.29) is 22.5 Å². The molecule has 212 valence electrons. The Kier molecular flexibility index (Phi) is 8.54. The number of benzene rings is 3. The number of hydrogen-bond donors (Lipinski definition) is 2. The standard InChI is InChI=1S/C32H34N4O4S/c1-20-8-4-7-11-26(20)36(32(38)30-27(33)28(35-41-30)21-12-16-24(39-2)17-13-21)29(22-14-18-25(40-3)19-15-22)31(37)34-23-9-5-6-10-23/h4,7-8,11-19,23,29H,5-6,9-10,33H2,1-3H3,(H,34,37)/t29-/m1/s1. The van der Waals surface area contributed by atoms with Crippen molar-refractivity contribution in [3.63, 3.8) is 0 Å². The monoisotopic (exact) mass is 570 g/mol. The summed E-state index contributed by atoms with van der Waals surface area (Å²) in [7, 11) is 3.20. The molecule has 1 atom stereocenters. The van der Waals surface area contributed by atoms with Gasteiger partial charge in [0, 0.05) is 17.3 Å². The Morgan fingerprint density at radius 3 is 2.17 bits per heavy atom. The van der Waals surface area contributed by atoms with Crippen molar-refractivity contribution >= 4 is 34.7 Å². The molecule has 1 aromatic heterocycles. The maximum absolute atomic E-state index is 14.5. The van der Waals surface area contributed by atoms with Crippen molar-refractivity contribution in [1.29, 1.82) is 0 Å². The molecule has 0 saturated heterocycles. The van der Waals surface area contributed by atoms with Crippen LogP contribution in [0.1, 0.15) is 52.5 Å². The van der Waals surface area contributed by atoms with E-state index in [2.05, 4.69) is 9.69 Å². The minimum atomic E-state index is -0.943. The van der Waals surface area contributed by atoms with Crippen LogP contribution in [0, 0.1) is 6.92 Å². The van der Waals surface area contributed by atoms with Gasteiger partial charge in [-0.3, -0.25) is 14.5 Å². The fraction of sp³-hybridized carbons (Fsp3) is 0.281. The average Bonchev–Trinajstić information content (AvgIpc) is 3.65.